The molecule has 1 rings (SSSR count). The first-order valence-corrected chi connectivity index (χ1v) is 5.19. The minimum Gasteiger partial charge on any atom is -0.501 e. The Kier molecular flexibility index (Phi) is 5.05. The van der Waals surface area contributed by atoms with E-state index in [2.05, 4.69) is 4.98 Å². The molecule has 0 aliphatic carbocycles. The molecule has 0 unspecified atom stereocenters. The molecule has 16 heavy (non-hydrogen) atoms. The van der Waals surface area contributed by atoms with Gasteiger partial charge in [-0.2, -0.15) is 0 Å². The largest absolute Gasteiger partial charge is 0.501 e. The maximum absolute atomic E-state index is 11.6. The van der Waals surface area contributed by atoms with Gasteiger partial charge in [0.15, 0.2) is 0 Å². The van der Waals surface area contributed by atoms with Crippen LogP contribution in [0.5, 0.6) is 0 Å². The van der Waals surface area contributed by atoms with Crippen molar-refractivity contribution < 1.29 is 14.3 Å². The molecule has 1 aromatic rings. The summed E-state index contributed by atoms with van der Waals surface area (Å²) in [6.07, 6.45) is 3.01. The number of esters is 1. The number of hydrogen-bond donors (Lipinski definition) is 0. The number of aromatic nitrogens is 1. The van der Waals surface area contributed by atoms with Crippen LogP contribution in [0.1, 0.15) is 19.5 Å². The average Bonchev–Trinajstić information content (AvgIpc) is 2.31. The van der Waals surface area contributed by atoms with Crippen LogP contribution in [-0.4, -0.2) is 24.2 Å². The molecule has 0 fully saturated rings. The van der Waals surface area contributed by atoms with Gasteiger partial charge in [0.25, 0.3) is 0 Å². The van der Waals surface area contributed by atoms with Crippen LogP contribution in [0.25, 0.3) is 5.57 Å². The Bertz CT molecular complexity index is 360. The van der Waals surface area contributed by atoms with Crippen molar-refractivity contribution in [3.05, 3.63) is 36.4 Å². The zero-order chi connectivity index (χ0) is 11.8. The van der Waals surface area contributed by atoms with Crippen molar-refractivity contribution in [1.29, 1.82) is 0 Å². The predicted octanol–water partition coefficient (Wildman–Crippen LogP) is 2.02. The lowest BCUT2D eigenvalue weighted by atomic mass is 10.2. The number of nitrogens with zero attached hydrogens (tertiary/aromatic N) is 1. The molecule has 0 saturated carbocycles. The van der Waals surface area contributed by atoms with Crippen LogP contribution < -0.4 is 0 Å². The molecule has 0 N–H and O–H groups in total. The number of carbonyl (C=O) groups is 1. The van der Waals surface area contributed by atoms with E-state index >= 15 is 0 Å². The van der Waals surface area contributed by atoms with Gasteiger partial charge in [0.05, 0.1) is 25.2 Å². The van der Waals surface area contributed by atoms with E-state index < -0.39 is 5.97 Å². The van der Waals surface area contributed by atoms with E-state index in [0.29, 0.717) is 24.5 Å². The summed E-state index contributed by atoms with van der Waals surface area (Å²) < 4.78 is 10.0. The Morgan fingerprint density at radius 1 is 1.38 bits per heavy atom. The van der Waals surface area contributed by atoms with E-state index in [1.165, 1.54) is 6.26 Å². The molecule has 4 nitrogen and oxygen atoms in total. The van der Waals surface area contributed by atoms with Crippen LogP contribution in [0.3, 0.4) is 0 Å². The fourth-order valence-electron chi connectivity index (χ4n) is 1.11. The molecule has 0 aromatic carbocycles. The molecular weight excluding hydrogens is 206 g/mol. The summed E-state index contributed by atoms with van der Waals surface area (Å²) in [5.74, 6) is -0.422. The summed E-state index contributed by atoms with van der Waals surface area (Å²) in [7, 11) is 0. The van der Waals surface area contributed by atoms with Gasteiger partial charge in [0.2, 0.25) is 0 Å². The summed E-state index contributed by atoms with van der Waals surface area (Å²) >= 11 is 0. The molecule has 1 heterocycles. The van der Waals surface area contributed by atoms with Gasteiger partial charge in [-0.05, 0) is 26.0 Å². The van der Waals surface area contributed by atoms with Crippen molar-refractivity contribution >= 4 is 11.5 Å². The molecule has 1 aromatic heterocycles. The number of ether oxygens (including phenoxy) is 2. The third-order valence-corrected chi connectivity index (χ3v) is 1.80. The SMILES string of the molecule is CCO/C=C(/C(=O)OCC)c1ccccn1. The average molecular weight is 221 g/mol. The van der Waals surface area contributed by atoms with Gasteiger partial charge in [-0.15, -0.1) is 0 Å². The van der Waals surface area contributed by atoms with Gasteiger partial charge in [0, 0.05) is 6.20 Å². The zero-order valence-electron chi connectivity index (χ0n) is 9.47. The van der Waals surface area contributed by atoms with Gasteiger partial charge in [-0.25, -0.2) is 4.79 Å². The first-order valence-electron chi connectivity index (χ1n) is 5.19. The van der Waals surface area contributed by atoms with Gasteiger partial charge in [-0.1, -0.05) is 6.07 Å². The van der Waals surface area contributed by atoms with Crippen LogP contribution in [0.15, 0.2) is 30.7 Å². The van der Waals surface area contributed by atoms with E-state index in [9.17, 15) is 4.79 Å². The van der Waals surface area contributed by atoms with Crippen molar-refractivity contribution in [3.63, 3.8) is 0 Å². The lowest BCUT2D eigenvalue weighted by Crippen LogP contribution is -2.08. The van der Waals surface area contributed by atoms with Gasteiger partial charge >= 0.3 is 5.97 Å². The molecule has 0 amide bonds. The fraction of sp³-hybridized carbons (Fsp3) is 0.333. The fourth-order valence-corrected chi connectivity index (χ4v) is 1.11. The van der Waals surface area contributed by atoms with Crippen LogP contribution in [0.2, 0.25) is 0 Å². The number of carbonyl (C=O) groups excluding carboxylic acids is 1. The molecule has 0 atom stereocenters. The van der Waals surface area contributed by atoms with Gasteiger partial charge in [-0.3, -0.25) is 4.98 Å². The van der Waals surface area contributed by atoms with E-state index in [1.54, 1.807) is 31.3 Å². The van der Waals surface area contributed by atoms with Gasteiger partial charge in [0.1, 0.15) is 5.57 Å². The summed E-state index contributed by atoms with van der Waals surface area (Å²) in [5.41, 5.74) is 0.888. The zero-order valence-corrected chi connectivity index (χ0v) is 9.47. The van der Waals surface area contributed by atoms with E-state index in [4.69, 9.17) is 9.47 Å². The highest BCUT2D eigenvalue weighted by Crippen LogP contribution is 2.13. The van der Waals surface area contributed by atoms with Gasteiger partial charge < -0.3 is 9.47 Å². The third kappa shape index (κ3) is 3.38. The second-order valence-corrected chi connectivity index (χ2v) is 2.92. The van der Waals surface area contributed by atoms with Crippen molar-refractivity contribution in [1.82, 2.24) is 4.98 Å². The minimum atomic E-state index is -0.422. The molecular formula is C12H15NO3. The molecule has 0 aliphatic heterocycles. The normalized spacial score (nSPS) is 11.0. The van der Waals surface area contributed by atoms with Crippen LogP contribution >= 0.6 is 0 Å². The lowest BCUT2D eigenvalue weighted by molar-refractivity contribution is -0.136. The molecule has 0 spiro atoms. The Balaban J connectivity index is 2.92. The Hall–Kier alpha value is -1.84. The highest BCUT2D eigenvalue weighted by atomic mass is 16.5. The second-order valence-electron chi connectivity index (χ2n) is 2.92. The highest BCUT2D eigenvalue weighted by molar-refractivity contribution is 6.15. The Morgan fingerprint density at radius 3 is 2.75 bits per heavy atom. The van der Waals surface area contributed by atoms with Crippen LogP contribution in [0.4, 0.5) is 0 Å². The smallest absolute Gasteiger partial charge is 0.343 e. The first kappa shape index (κ1) is 12.2. The van der Waals surface area contributed by atoms with Crippen molar-refractivity contribution in [3.8, 4) is 0 Å². The van der Waals surface area contributed by atoms with Crippen molar-refractivity contribution in [2.75, 3.05) is 13.2 Å². The monoisotopic (exact) mass is 221 g/mol. The third-order valence-electron chi connectivity index (χ3n) is 1.80. The van der Waals surface area contributed by atoms with Crippen molar-refractivity contribution in [2.24, 2.45) is 0 Å². The maximum atomic E-state index is 11.6. The maximum Gasteiger partial charge on any atom is 0.343 e. The number of pyridine rings is 1. The predicted molar refractivity (Wildman–Crippen MR) is 60.5 cm³/mol. The molecule has 0 aliphatic rings. The number of rotatable bonds is 5. The molecule has 4 heteroatoms. The van der Waals surface area contributed by atoms with Crippen molar-refractivity contribution in [2.45, 2.75) is 13.8 Å². The highest BCUT2D eigenvalue weighted by Gasteiger charge is 2.14. The first-order chi connectivity index (χ1) is 7.79. The molecule has 0 radical (unpaired) electrons. The van der Waals surface area contributed by atoms with E-state index in [1.807, 2.05) is 6.92 Å². The van der Waals surface area contributed by atoms with E-state index in [0.717, 1.165) is 0 Å². The summed E-state index contributed by atoms with van der Waals surface area (Å²) in [5, 5.41) is 0. The minimum absolute atomic E-state index is 0.329. The Labute approximate surface area is 94.9 Å². The molecule has 86 valence electrons. The molecule has 0 saturated heterocycles. The standard InChI is InChI=1S/C12H15NO3/c1-3-15-9-10(12(14)16-4-2)11-7-5-6-8-13-11/h5-9H,3-4H2,1-2H3/b10-9+. The summed E-state index contributed by atoms with van der Waals surface area (Å²) in [4.78, 5) is 15.7. The summed E-state index contributed by atoms with van der Waals surface area (Å²) in [6.45, 7) is 4.43. The quantitative estimate of drug-likeness (QED) is 0.433. The van der Waals surface area contributed by atoms with E-state index in [-0.39, 0.29) is 0 Å². The van der Waals surface area contributed by atoms with Crippen LogP contribution in [0, 0.1) is 0 Å². The topological polar surface area (TPSA) is 48.4 Å². The lowest BCUT2D eigenvalue weighted by Gasteiger charge is -2.06. The molecule has 0 bridgehead atoms. The number of hydrogen-bond acceptors (Lipinski definition) is 4. The second kappa shape index (κ2) is 6.61. The Morgan fingerprint density at radius 2 is 2.19 bits per heavy atom. The summed E-state index contributed by atoms with van der Waals surface area (Å²) in [6, 6.07) is 5.33. The van der Waals surface area contributed by atoms with Crippen LogP contribution in [-0.2, 0) is 14.3 Å².